The lowest BCUT2D eigenvalue weighted by atomic mass is 9.84. The van der Waals surface area contributed by atoms with Crippen molar-refractivity contribution in [2.75, 3.05) is 13.6 Å². The summed E-state index contributed by atoms with van der Waals surface area (Å²) in [5.41, 5.74) is 1.78. The van der Waals surface area contributed by atoms with Gasteiger partial charge in [-0.1, -0.05) is 15.9 Å². The first-order valence-electron chi connectivity index (χ1n) is 6.13. The predicted octanol–water partition coefficient (Wildman–Crippen LogP) is 3.85. The van der Waals surface area contributed by atoms with Crippen molar-refractivity contribution in [1.82, 2.24) is 4.90 Å². The highest BCUT2D eigenvalue weighted by Crippen LogP contribution is 2.32. The van der Waals surface area contributed by atoms with E-state index in [0.29, 0.717) is 11.3 Å². The number of benzene rings is 1. The Morgan fingerprint density at radius 2 is 2.17 bits per heavy atom. The number of amides is 1. The van der Waals surface area contributed by atoms with E-state index in [1.165, 1.54) is 0 Å². The van der Waals surface area contributed by atoms with Gasteiger partial charge in [-0.3, -0.25) is 4.79 Å². The number of hydrogen-bond donors (Lipinski definition) is 0. The van der Waals surface area contributed by atoms with Gasteiger partial charge in [-0.2, -0.15) is 0 Å². The molecule has 1 aromatic rings. The number of carbonyl (C=O) groups excluding carboxylic acids is 1. The number of hydrogen-bond acceptors (Lipinski definition) is 1. The first-order valence-corrected chi connectivity index (χ1v) is 7.36. The molecule has 0 heterocycles. The maximum absolute atomic E-state index is 12.3. The molecule has 4 heteroatoms. The number of alkyl halides is 1. The lowest BCUT2D eigenvalue weighted by Gasteiger charge is -2.34. The molecule has 18 heavy (non-hydrogen) atoms. The van der Waals surface area contributed by atoms with Crippen molar-refractivity contribution in [2.24, 2.45) is 5.92 Å². The Kier molecular flexibility index (Phi) is 4.33. The van der Waals surface area contributed by atoms with E-state index in [0.717, 1.165) is 35.0 Å². The van der Waals surface area contributed by atoms with Crippen LogP contribution in [0.3, 0.4) is 0 Å². The Morgan fingerprint density at radius 3 is 2.72 bits per heavy atom. The molecule has 98 valence electrons. The van der Waals surface area contributed by atoms with Crippen LogP contribution in [0.4, 0.5) is 0 Å². The smallest absolute Gasteiger partial charge is 0.253 e. The monoisotopic (exact) mass is 329 g/mol. The van der Waals surface area contributed by atoms with Crippen molar-refractivity contribution >= 4 is 33.4 Å². The van der Waals surface area contributed by atoms with Crippen LogP contribution in [0.15, 0.2) is 22.7 Å². The Labute approximate surface area is 121 Å². The molecule has 0 spiro atoms. The van der Waals surface area contributed by atoms with Crippen molar-refractivity contribution in [1.29, 1.82) is 0 Å². The highest BCUT2D eigenvalue weighted by molar-refractivity contribution is 9.10. The molecule has 1 aliphatic rings. The average Bonchev–Trinajstić information content (AvgIpc) is 2.26. The maximum atomic E-state index is 12.3. The molecule has 0 aromatic heterocycles. The maximum Gasteiger partial charge on any atom is 0.253 e. The van der Waals surface area contributed by atoms with Gasteiger partial charge < -0.3 is 4.90 Å². The summed E-state index contributed by atoms with van der Waals surface area (Å²) < 4.78 is 1.00. The molecule has 0 atom stereocenters. The minimum absolute atomic E-state index is 0.0954. The fourth-order valence-electron chi connectivity index (χ4n) is 2.35. The zero-order valence-electron chi connectivity index (χ0n) is 10.6. The highest BCUT2D eigenvalue weighted by Gasteiger charge is 2.29. The van der Waals surface area contributed by atoms with Crippen LogP contribution in [0.2, 0.25) is 0 Å². The minimum atomic E-state index is 0.0954. The molecular formula is C14H17BrClNO. The van der Waals surface area contributed by atoms with Gasteiger partial charge in [0.1, 0.15) is 0 Å². The quantitative estimate of drug-likeness (QED) is 0.771. The zero-order chi connectivity index (χ0) is 13.3. The van der Waals surface area contributed by atoms with Gasteiger partial charge in [-0.25, -0.2) is 0 Å². The SMILES string of the molecule is Cc1cc(Br)ccc1C(=O)N(C)CC1CC(Cl)C1. The number of rotatable bonds is 3. The lowest BCUT2D eigenvalue weighted by molar-refractivity contribution is 0.0746. The van der Waals surface area contributed by atoms with Crippen molar-refractivity contribution < 1.29 is 4.79 Å². The largest absolute Gasteiger partial charge is 0.341 e. The lowest BCUT2D eigenvalue weighted by Crippen LogP contribution is -2.38. The van der Waals surface area contributed by atoms with Gasteiger partial charge in [0.15, 0.2) is 0 Å². The highest BCUT2D eigenvalue weighted by atomic mass is 79.9. The van der Waals surface area contributed by atoms with E-state index in [-0.39, 0.29) is 5.91 Å². The second kappa shape index (κ2) is 5.62. The van der Waals surface area contributed by atoms with Crippen molar-refractivity contribution in [3.63, 3.8) is 0 Å². The second-order valence-electron chi connectivity index (χ2n) is 5.08. The number of aryl methyl sites for hydroxylation is 1. The molecule has 0 saturated heterocycles. The van der Waals surface area contributed by atoms with Crippen molar-refractivity contribution in [3.05, 3.63) is 33.8 Å². The Morgan fingerprint density at radius 1 is 1.50 bits per heavy atom. The van der Waals surface area contributed by atoms with Gasteiger partial charge in [0, 0.05) is 29.0 Å². The molecular weight excluding hydrogens is 314 g/mol. The van der Waals surface area contributed by atoms with Gasteiger partial charge in [0.25, 0.3) is 5.91 Å². The first kappa shape index (κ1) is 13.9. The molecule has 1 aliphatic carbocycles. The summed E-state index contributed by atoms with van der Waals surface area (Å²) in [5.74, 6) is 0.662. The van der Waals surface area contributed by atoms with Crippen LogP contribution in [0.25, 0.3) is 0 Å². The fourth-order valence-corrected chi connectivity index (χ4v) is 3.33. The van der Waals surface area contributed by atoms with Crippen LogP contribution in [-0.4, -0.2) is 29.8 Å². The third-order valence-corrected chi connectivity index (χ3v) is 4.33. The molecule has 1 fully saturated rings. The summed E-state index contributed by atoms with van der Waals surface area (Å²) >= 11 is 9.37. The summed E-state index contributed by atoms with van der Waals surface area (Å²) in [6, 6.07) is 5.76. The summed E-state index contributed by atoms with van der Waals surface area (Å²) in [4.78, 5) is 14.1. The van der Waals surface area contributed by atoms with Gasteiger partial charge in [0.05, 0.1) is 0 Å². The molecule has 2 nitrogen and oxygen atoms in total. The fraction of sp³-hybridized carbons (Fsp3) is 0.500. The molecule has 1 saturated carbocycles. The van der Waals surface area contributed by atoms with Crippen LogP contribution in [0, 0.1) is 12.8 Å². The van der Waals surface area contributed by atoms with Gasteiger partial charge >= 0.3 is 0 Å². The number of halogens is 2. The van der Waals surface area contributed by atoms with Crippen LogP contribution in [0.5, 0.6) is 0 Å². The van der Waals surface area contributed by atoms with Crippen LogP contribution < -0.4 is 0 Å². The van der Waals surface area contributed by atoms with E-state index in [2.05, 4.69) is 15.9 Å². The summed E-state index contributed by atoms with van der Waals surface area (Å²) in [6.45, 7) is 2.77. The third kappa shape index (κ3) is 3.07. The topological polar surface area (TPSA) is 20.3 Å². The zero-order valence-corrected chi connectivity index (χ0v) is 13.0. The van der Waals surface area contributed by atoms with Crippen LogP contribution in [0.1, 0.15) is 28.8 Å². The summed E-state index contributed by atoms with van der Waals surface area (Å²) in [5, 5.41) is 0.313. The Balaban J connectivity index is 2.01. The third-order valence-electron chi connectivity index (χ3n) is 3.48. The summed E-state index contributed by atoms with van der Waals surface area (Å²) in [6.07, 6.45) is 2.05. The first-order chi connectivity index (χ1) is 8.47. The average molecular weight is 331 g/mol. The molecule has 1 aromatic carbocycles. The second-order valence-corrected chi connectivity index (χ2v) is 6.61. The predicted molar refractivity (Wildman–Crippen MR) is 78.2 cm³/mol. The van der Waals surface area contributed by atoms with E-state index in [4.69, 9.17) is 11.6 Å². The normalized spacial score (nSPS) is 22.4. The van der Waals surface area contributed by atoms with Gasteiger partial charge in [0.2, 0.25) is 0 Å². The van der Waals surface area contributed by atoms with E-state index < -0.39 is 0 Å². The van der Waals surface area contributed by atoms with Crippen molar-refractivity contribution in [3.8, 4) is 0 Å². The molecule has 0 radical (unpaired) electrons. The van der Waals surface area contributed by atoms with E-state index in [9.17, 15) is 4.79 Å². The Bertz CT molecular complexity index is 457. The summed E-state index contributed by atoms with van der Waals surface area (Å²) in [7, 11) is 1.87. The van der Waals surface area contributed by atoms with Crippen LogP contribution >= 0.6 is 27.5 Å². The molecule has 0 N–H and O–H groups in total. The van der Waals surface area contributed by atoms with Crippen molar-refractivity contribution in [2.45, 2.75) is 25.1 Å². The molecule has 0 aliphatic heterocycles. The van der Waals surface area contributed by atoms with Gasteiger partial charge in [-0.05, 0) is 49.4 Å². The number of nitrogens with zero attached hydrogens (tertiary/aromatic N) is 1. The Hall–Kier alpha value is -0.540. The van der Waals surface area contributed by atoms with E-state index >= 15 is 0 Å². The number of carbonyl (C=O) groups is 1. The minimum Gasteiger partial charge on any atom is -0.341 e. The molecule has 0 bridgehead atoms. The molecule has 0 unspecified atom stereocenters. The van der Waals surface area contributed by atoms with Gasteiger partial charge in [-0.15, -0.1) is 11.6 Å². The van der Waals surface area contributed by atoms with Crippen LogP contribution in [-0.2, 0) is 0 Å². The molecule has 2 rings (SSSR count). The van der Waals surface area contributed by atoms with E-state index in [1.807, 2.05) is 37.1 Å². The molecule has 1 amide bonds. The standard InChI is InChI=1S/C14H17BrClNO/c1-9-5-11(15)3-4-13(9)14(18)17(2)8-10-6-12(16)7-10/h3-5,10,12H,6-8H2,1-2H3. The van der Waals surface area contributed by atoms with E-state index in [1.54, 1.807) is 0 Å².